The number of urea groups is 1. The molecule has 2 atom stereocenters. The number of hydrogen-bond acceptors (Lipinski definition) is 7. The normalized spacial score (nSPS) is 23.1. The standard InChI is InChI=1S/C20H27N7OS/c1-13-10-21-19(29-13)23-20(28)27-15-7-8-25(12-15)16-4-5-17(22-18(16)27)26-9-6-14(11-26)24(2)3/h4-5,10,14-15H,6-9,11-12H2,1-3H3,(H,21,23,28)/t14-,15-/m0/s1. The number of fused-ring (bicyclic) bond motifs is 4. The Hall–Kier alpha value is -2.39. The minimum atomic E-state index is -0.135. The van der Waals surface area contributed by atoms with Gasteiger partial charge in [0.05, 0.1) is 11.7 Å². The lowest BCUT2D eigenvalue weighted by Gasteiger charge is -2.36. The van der Waals surface area contributed by atoms with Crippen molar-refractivity contribution in [3.8, 4) is 0 Å². The fourth-order valence-corrected chi connectivity index (χ4v) is 5.23. The largest absolute Gasteiger partial charge is 0.366 e. The van der Waals surface area contributed by atoms with Crippen LogP contribution >= 0.6 is 11.3 Å². The molecule has 8 nitrogen and oxygen atoms in total. The molecule has 9 heteroatoms. The number of carbonyl (C=O) groups is 1. The van der Waals surface area contributed by atoms with Gasteiger partial charge in [0.25, 0.3) is 0 Å². The molecule has 29 heavy (non-hydrogen) atoms. The van der Waals surface area contributed by atoms with Crippen LogP contribution in [0.2, 0.25) is 0 Å². The summed E-state index contributed by atoms with van der Waals surface area (Å²) < 4.78 is 0. The highest BCUT2D eigenvalue weighted by Gasteiger charge is 2.41. The van der Waals surface area contributed by atoms with E-state index in [9.17, 15) is 4.79 Å². The highest BCUT2D eigenvalue weighted by Crippen LogP contribution is 2.40. The molecule has 2 fully saturated rings. The van der Waals surface area contributed by atoms with Gasteiger partial charge in [-0.3, -0.25) is 10.2 Å². The lowest BCUT2D eigenvalue weighted by Crippen LogP contribution is -2.48. The van der Waals surface area contributed by atoms with Crippen molar-refractivity contribution in [2.24, 2.45) is 0 Å². The van der Waals surface area contributed by atoms with Crippen LogP contribution in [0, 0.1) is 6.92 Å². The van der Waals surface area contributed by atoms with Crippen LogP contribution in [0.5, 0.6) is 0 Å². The summed E-state index contributed by atoms with van der Waals surface area (Å²) in [5.74, 6) is 1.73. The van der Waals surface area contributed by atoms with E-state index in [1.807, 2.05) is 11.8 Å². The molecule has 0 unspecified atom stereocenters. The first-order chi connectivity index (χ1) is 14.0. The van der Waals surface area contributed by atoms with Crippen LogP contribution in [0.25, 0.3) is 0 Å². The lowest BCUT2D eigenvalue weighted by molar-refractivity contribution is 0.255. The molecule has 5 rings (SSSR count). The van der Waals surface area contributed by atoms with E-state index in [1.165, 1.54) is 11.3 Å². The Bertz CT molecular complexity index is 929. The molecule has 0 spiro atoms. The second kappa shape index (κ2) is 7.14. The van der Waals surface area contributed by atoms with Crippen LogP contribution in [0.4, 0.5) is 27.2 Å². The molecule has 2 bridgehead atoms. The van der Waals surface area contributed by atoms with Crippen molar-refractivity contribution in [3.05, 3.63) is 23.2 Å². The first kappa shape index (κ1) is 18.6. The third kappa shape index (κ3) is 3.32. The molecule has 0 radical (unpaired) electrons. The van der Waals surface area contributed by atoms with Gasteiger partial charge in [-0.05, 0) is 46.0 Å². The van der Waals surface area contributed by atoms with Crippen molar-refractivity contribution >= 4 is 39.8 Å². The summed E-state index contributed by atoms with van der Waals surface area (Å²) in [6, 6.07) is 4.80. The van der Waals surface area contributed by atoms with Crippen molar-refractivity contribution in [3.63, 3.8) is 0 Å². The van der Waals surface area contributed by atoms with Gasteiger partial charge >= 0.3 is 6.03 Å². The van der Waals surface area contributed by atoms with E-state index in [1.54, 1.807) is 6.20 Å². The number of pyridine rings is 1. The predicted molar refractivity (Wildman–Crippen MR) is 118 cm³/mol. The number of aryl methyl sites for hydroxylation is 1. The van der Waals surface area contributed by atoms with Gasteiger partial charge in [-0.1, -0.05) is 0 Å². The number of amides is 2. The van der Waals surface area contributed by atoms with Crippen LogP contribution in [0.1, 0.15) is 17.7 Å². The molecule has 2 saturated heterocycles. The number of nitrogens with one attached hydrogen (secondary N) is 1. The third-order valence-electron chi connectivity index (χ3n) is 6.21. The maximum Gasteiger partial charge on any atom is 0.329 e. The molecular weight excluding hydrogens is 386 g/mol. The second-order valence-electron chi connectivity index (χ2n) is 8.33. The SMILES string of the molecule is Cc1cnc(NC(=O)N2c3nc(N4CC[C@H](N(C)C)C4)ccc3N3CC[C@H]2C3)s1. The van der Waals surface area contributed by atoms with E-state index >= 15 is 0 Å². The molecule has 3 aliphatic rings. The van der Waals surface area contributed by atoms with Crippen LogP contribution in [-0.4, -0.2) is 73.3 Å². The maximum atomic E-state index is 13.2. The lowest BCUT2D eigenvalue weighted by atomic mass is 10.2. The first-order valence-corrected chi connectivity index (χ1v) is 11.0. The monoisotopic (exact) mass is 413 g/mol. The Morgan fingerprint density at radius 1 is 1.21 bits per heavy atom. The highest BCUT2D eigenvalue weighted by molar-refractivity contribution is 7.15. The molecule has 5 heterocycles. The number of aromatic nitrogens is 2. The Morgan fingerprint density at radius 2 is 2.03 bits per heavy atom. The highest BCUT2D eigenvalue weighted by atomic mass is 32.1. The molecule has 1 N–H and O–H groups in total. The zero-order valence-corrected chi connectivity index (χ0v) is 17.9. The molecule has 2 amide bonds. The summed E-state index contributed by atoms with van der Waals surface area (Å²) in [5, 5.41) is 3.62. The molecule has 2 aromatic heterocycles. The zero-order chi connectivity index (χ0) is 20.1. The predicted octanol–water partition coefficient (Wildman–Crippen LogP) is 2.62. The third-order valence-corrected chi connectivity index (χ3v) is 7.04. The van der Waals surface area contributed by atoms with Gasteiger partial charge in [0.2, 0.25) is 0 Å². The number of carbonyl (C=O) groups excluding carboxylic acids is 1. The number of nitrogens with zero attached hydrogens (tertiary/aromatic N) is 6. The Morgan fingerprint density at radius 3 is 2.76 bits per heavy atom. The van der Waals surface area contributed by atoms with Crippen LogP contribution in [-0.2, 0) is 0 Å². The smallest absolute Gasteiger partial charge is 0.329 e. The van der Waals surface area contributed by atoms with E-state index in [-0.39, 0.29) is 12.1 Å². The van der Waals surface area contributed by atoms with Gasteiger partial charge in [0.1, 0.15) is 5.82 Å². The Labute approximate surface area is 175 Å². The summed E-state index contributed by atoms with van der Waals surface area (Å²) in [4.78, 5) is 32.4. The van der Waals surface area contributed by atoms with Crippen LogP contribution < -0.4 is 20.0 Å². The van der Waals surface area contributed by atoms with E-state index in [2.05, 4.69) is 51.2 Å². The molecular formula is C20H27N7OS. The Balaban J connectivity index is 1.45. The number of thiazole rings is 1. The van der Waals surface area contributed by atoms with E-state index < -0.39 is 0 Å². The summed E-state index contributed by atoms with van der Waals surface area (Å²) in [6.07, 6.45) is 3.88. The molecule has 154 valence electrons. The summed E-state index contributed by atoms with van der Waals surface area (Å²) >= 11 is 1.49. The van der Waals surface area contributed by atoms with Gasteiger partial charge in [0, 0.05) is 43.3 Å². The van der Waals surface area contributed by atoms with Gasteiger partial charge in [-0.2, -0.15) is 0 Å². The summed E-state index contributed by atoms with van der Waals surface area (Å²) in [7, 11) is 4.26. The van der Waals surface area contributed by atoms with E-state index in [0.29, 0.717) is 11.2 Å². The van der Waals surface area contributed by atoms with Crippen molar-refractivity contribution in [2.45, 2.75) is 31.8 Å². The molecule has 2 aromatic rings. The van der Waals surface area contributed by atoms with Gasteiger partial charge < -0.3 is 14.7 Å². The maximum absolute atomic E-state index is 13.2. The number of anilines is 4. The fraction of sp³-hybridized carbons (Fsp3) is 0.550. The molecule has 0 aromatic carbocycles. The zero-order valence-electron chi connectivity index (χ0n) is 17.1. The van der Waals surface area contributed by atoms with Gasteiger partial charge in [-0.15, -0.1) is 11.3 Å². The van der Waals surface area contributed by atoms with Crippen LogP contribution in [0.3, 0.4) is 0 Å². The van der Waals surface area contributed by atoms with Gasteiger partial charge in [-0.25, -0.2) is 14.8 Å². The number of rotatable bonds is 3. The van der Waals surface area contributed by atoms with Crippen molar-refractivity contribution in [1.82, 2.24) is 14.9 Å². The average Bonchev–Trinajstić information content (AvgIpc) is 3.42. The van der Waals surface area contributed by atoms with E-state index in [4.69, 9.17) is 4.98 Å². The summed E-state index contributed by atoms with van der Waals surface area (Å²) in [6.45, 7) is 5.78. The minimum absolute atomic E-state index is 0.135. The topological polar surface area (TPSA) is 67.8 Å². The van der Waals surface area contributed by atoms with Crippen molar-refractivity contribution < 1.29 is 4.79 Å². The first-order valence-electron chi connectivity index (χ1n) is 10.2. The van der Waals surface area contributed by atoms with Crippen molar-refractivity contribution in [2.75, 3.05) is 60.3 Å². The quantitative estimate of drug-likeness (QED) is 0.834. The van der Waals surface area contributed by atoms with Gasteiger partial charge in [0.15, 0.2) is 10.9 Å². The molecule has 3 aliphatic heterocycles. The van der Waals surface area contributed by atoms with Crippen LogP contribution in [0.15, 0.2) is 18.3 Å². The average molecular weight is 414 g/mol. The number of likely N-dealkylation sites (N-methyl/N-ethyl adjacent to an activating group) is 1. The molecule has 0 aliphatic carbocycles. The second-order valence-corrected chi connectivity index (χ2v) is 9.56. The van der Waals surface area contributed by atoms with Crippen molar-refractivity contribution in [1.29, 1.82) is 0 Å². The summed E-state index contributed by atoms with van der Waals surface area (Å²) in [5.41, 5.74) is 1.05. The molecule has 0 saturated carbocycles. The Kier molecular flexibility index (Phi) is 4.59. The minimum Gasteiger partial charge on any atom is -0.366 e. The van der Waals surface area contributed by atoms with E-state index in [0.717, 1.165) is 61.2 Å². The number of hydrogen-bond donors (Lipinski definition) is 1. The fourth-order valence-electron chi connectivity index (χ4n) is 4.57.